The van der Waals surface area contributed by atoms with Gasteiger partial charge in [0, 0.05) is 13.0 Å². The number of urea groups is 1. The van der Waals surface area contributed by atoms with Crippen LogP contribution in [-0.2, 0) is 9.59 Å². The highest BCUT2D eigenvalue weighted by molar-refractivity contribution is 5.95. The van der Waals surface area contributed by atoms with E-state index in [0.717, 1.165) is 32.1 Å². The fraction of sp³-hybridized carbons (Fsp3) is 0.900. The molecule has 0 rings (SSSR count). The Balaban J connectivity index is 3.93. The summed E-state index contributed by atoms with van der Waals surface area (Å²) < 4.78 is 0. The molecule has 0 aromatic rings. The summed E-state index contributed by atoms with van der Waals surface area (Å²) in [7, 11) is 0. The van der Waals surface area contributed by atoms with Crippen molar-refractivity contribution in [2.45, 2.75) is 163 Å². The standard InChI is InChI=1S/C30H59N3O4/c1-6-8-10-11-12-13-14-15-16-17-18-19-20-21-22-23-24-26(34)33(37)29(36)32-27(30(3,4)5)28(35)31-25-9-7-2/h27,37H,6-25H2,1-5H3,(H,31,35)(H,32,36). The van der Waals surface area contributed by atoms with Crippen molar-refractivity contribution in [1.82, 2.24) is 15.7 Å². The van der Waals surface area contributed by atoms with Crippen molar-refractivity contribution < 1.29 is 19.6 Å². The van der Waals surface area contributed by atoms with Crippen LogP contribution in [0.25, 0.3) is 0 Å². The number of amides is 4. The largest absolute Gasteiger partial charge is 0.354 e. The molecule has 1 atom stereocenters. The zero-order chi connectivity index (χ0) is 27.9. The third-order valence-electron chi connectivity index (χ3n) is 6.90. The monoisotopic (exact) mass is 525 g/mol. The molecule has 0 aromatic heterocycles. The molecule has 0 heterocycles. The first kappa shape index (κ1) is 35.4. The lowest BCUT2D eigenvalue weighted by molar-refractivity contribution is -0.153. The predicted molar refractivity (Wildman–Crippen MR) is 152 cm³/mol. The molecular weight excluding hydrogens is 466 g/mol. The summed E-state index contributed by atoms with van der Waals surface area (Å²) in [5, 5.41) is 15.5. The minimum atomic E-state index is -0.952. The van der Waals surface area contributed by atoms with Crippen molar-refractivity contribution >= 4 is 17.8 Å². The van der Waals surface area contributed by atoms with Crippen molar-refractivity contribution in [1.29, 1.82) is 0 Å². The van der Waals surface area contributed by atoms with Gasteiger partial charge >= 0.3 is 6.03 Å². The quantitative estimate of drug-likeness (QED) is 0.0760. The molecule has 0 saturated heterocycles. The molecule has 0 radical (unpaired) electrons. The van der Waals surface area contributed by atoms with Crippen LogP contribution in [0.1, 0.15) is 157 Å². The van der Waals surface area contributed by atoms with Gasteiger partial charge in [0.1, 0.15) is 6.04 Å². The molecule has 0 bridgehead atoms. The molecule has 0 spiro atoms. The molecule has 0 aliphatic rings. The van der Waals surface area contributed by atoms with Crippen LogP contribution in [0.5, 0.6) is 0 Å². The van der Waals surface area contributed by atoms with Gasteiger partial charge in [0.25, 0.3) is 5.91 Å². The molecule has 37 heavy (non-hydrogen) atoms. The fourth-order valence-electron chi connectivity index (χ4n) is 4.39. The van der Waals surface area contributed by atoms with Crippen LogP contribution < -0.4 is 10.6 Å². The molecule has 218 valence electrons. The zero-order valence-corrected chi connectivity index (χ0v) is 24.8. The number of imide groups is 1. The number of carbonyl (C=O) groups excluding carboxylic acids is 3. The third kappa shape index (κ3) is 19.1. The Bertz CT molecular complexity index is 604. The molecule has 7 nitrogen and oxygen atoms in total. The van der Waals surface area contributed by atoms with Crippen LogP contribution in [0.2, 0.25) is 0 Å². The van der Waals surface area contributed by atoms with E-state index in [9.17, 15) is 19.6 Å². The van der Waals surface area contributed by atoms with E-state index in [2.05, 4.69) is 17.6 Å². The predicted octanol–water partition coefficient (Wildman–Crippen LogP) is 7.90. The Hall–Kier alpha value is -1.63. The highest BCUT2D eigenvalue weighted by Gasteiger charge is 2.34. The van der Waals surface area contributed by atoms with Crippen LogP contribution in [-0.4, -0.2) is 40.7 Å². The van der Waals surface area contributed by atoms with Crippen LogP contribution >= 0.6 is 0 Å². The summed E-state index contributed by atoms with van der Waals surface area (Å²) in [6.45, 7) is 10.3. The van der Waals surface area contributed by atoms with Crippen LogP contribution in [0, 0.1) is 5.41 Å². The van der Waals surface area contributed by atoms with Gasteiger partial charge in [-0.15, -0.1) is 5.06 Å². The second-order valence-electron chi connectivity index (χ2n) is 11.7. The Kier molecular flexibility index (Phi) is 21.4. The molecule has 0 aliphatic heterocycles. The van der Waals surface area contributed by atoms with Crippen molar-refractivity contribution in [3.05, 3.63) is 0 Å². The van der Waals surface area contributed by atoms with Gasteiger partial charge in [-0.25, -0.2) is 4.79 Å². The number of carbonyl (C=O) groups is 3. The Morgan fingerprint density at radius 1 is 0.676 bits per heavy atom. The summed E-state index contributed by atoms with van der Waals surface area (Å²) in [6.07, 6.45) is 21.9. The normalized spacial score (nSPS) is 12.3. The van der Waals surface area contributed by atoms with E-state index < -0.39 is 23.4 Å². The maximum atomic E-state index is 12.5. The number of hydroxylamine groups is 2. The summed E-state index contributed by atoms with van der Waals surface area (Å²) in [6, 6.07) is -1.80. The number of hydrogen-bond acceptors (Lipinski definition) is 4. The van der Waals surface area contributed by atoms with E-state index in [-0.39, 0.29) is 17.4 Å². The lowest BCUT2D eigenvalue weighted by Gasteiger charge is -2.31. The molecule has 4 amide bonds. The summed E-state index contributed by atoms with van der Waals surface area (Å²) in [5.41, 5.74) is -0.566. The number of nitrogens with one attached hydrogen (secondary N) is 2. The van der Waals surface area contributed by atoms with Gasteiger partial charge in [-0.05, 0) is 18.3 Å². The average Bonchev–Trinajstić information content (AvgIpc) is 2.85. The van der Waals surface area contributed by atoms with E-state index >= 15 is 0 Å². The third-order valence-corrected chi connectivity index (χ3v) is 6.90. The van der Waals surface area contributed by atoms with E-state index in [1.807, 2.05) is 27.7 Å². The van der Waals surface area contributed by atoms with Gasteiger partial charge in [0.15, 0.2) is 0 Å². The van der Waals surface area contributed by atoms with Gasteiger partial charge < -0.3 is 10.6 Å². The van der Waals surface area contributed by atoms with Gasteiger partial charge in [0.2, 0.25) is 5.91 Å². The average molecular weight is 526 g/mol. The van der Waals surface area contributed by atoms with Crippen molar-refractivity contribution in [2.24, 2.45) is 5.41 Å². The van der Waals surface area contributed by atoms with Crippen LogP contribution in [0.15, 0.2) is 0 Å². The van der Waals surface area contributed by atoms with E-state index in [1.54, 1.807) is 0 Å². The summed E-state index contributed by atoms with van der Waals surface area (Å²) >= 11 is 0. The fourth-order valence-corrected chi connectivity index (χ4v) is 4.39. The molecule has 1 unspecified atom stereocenters. The zero-order valence-electron chi connectivity index (χ0n) is 24.8. The molecule has 0 aromatic carbocycles. The Morgan fingerprint density at radius 2 is 1.08 bits per heavy atom. The second kappa shape index (κ2) is 22.4. The maximum absolute atomic E-state index is 12.5. The Labute approximate surface area is 227 Å². The van der Waals surface area contributed by atoms with E-state index in [4.69, 9.17) is 0 Å². The maximum Gasteiger partial charge on any atom is 0.349 e. The number of unbranched alkanes of at least 4 members (excludes halogenated alkanes) is 16. The topological polar surface area (TPSA) is 98.7 Å². The van der Waals surface area contributed by atoms with Crippen LogP contribution in [0.4, 0.5) is 4.79 Å². The molecule has 0 saturated carbocycles. The van der Waals surface area contributed by atoms with Gasteiger partial charge in [-0.3, -0.25) is 14.8 Å². The smallest absolute Gasteiger partial charge is 0.349 e. The number of rotatable bonds is 22. The Morgan fingerprint density at radius 3 is 1.49 bits per heavy atom. The second-order valence-corrected chi connectivity index (χ2v) is 11.7. The number of nitrogens with zero attached hydrogens (tertiary/aromatic N) is 1. The van der Waals surface area contributed by atoms with Crippen molar-refractivity contribution in [2.75, 3.05) is 6.54 Å². The molecule has 0 fully saturated rings. The number of hydrogen-bond donors (Lipinski definition) is 3. The first-order valence-corrected chi connectivity index (χ1v) is 15.2. The van der Waals surface area contributed by atoms with Gasteiger partial charge in [-0.1, -0.05) is 137 Å². The minimum Gasteiger partial charge on any atom is -0.354 e. The van der Waals surface area contributed by atoms with Crippen molar-refractivity contribution in [3.63, 3.8) is 0 Å². The first-order valence-electron chi connectivity index (χ1n) is 15.2. The minimum absolute atomic E-state index is 0.116. The lowest BCUT2D eigenvalue weighted by Crippen LogP contribution is -2.56. The van der Waals surface area contributed by atoms with E-state index in [1.165, 1.54) is 77.0 Å². The van der Waals surface area contributed by atoms with Gasteiger partial charge in [0.05, 0.1) is 0 Å². The molecule has 3 N–H and O–H groups in total. The van der Waals surface area contributed by atoms with Gasteiger partial charge in [-0.2, -0.15) is 0 Å². The SMILES string of the molecule is CCCCCCCCCCCCCCCCCCC(=O)N(O)C(=O)NC(C(=O)NCCCC)C(C)(C)C. The first-order chi connectivity index (χ1) is 17.6. The molecule has 7 heteroatoms. The summed E-state index contributed by atoms with van der Waals surface area (Å²) in [4.78, 5) is 37.2. The molecule has 0 aliphatic carbocycles. The highest BCUT2D eigenvalue weighted by Crippen LogP contribution is 2.20. The highest BCUT2D eigenvalue weighted by atomic mass is 16.5. The lowest BCUT2D eigenvalue weighted by atomic mass is 9.86. The van der Waals surface area contributed by atoms with E-state index in [0.29, 0.717) is 13.0 Å². The summed E-state index contributed by atoms with van der Waals surface area (Å²) in [5.74, 6) is -0.949. The van der Waals surface area contributed by atoms with Crippen molar-refractivity contribution in [3.8, 4) is 0 Å². The molecular formula is C30H59N3O4. The van der Waals surface area contributed by atoms with Crippen LogP contribution in [0.3, 0.4) is 0 Å².